The first-order valence-corrected chi connectivity index (χ1v) is 8.42. The second kappa shape index (κ2) is 6.16. The molecule has 0 aromatic carbocycles. The summed E-state index contributed by atoms with van der Waals surface area (Å²) in [5, 5.41) is 6.79. The Kier molecular flexibility index (Phi) is 4.76. The Bertz CT molecular complexity index is 507. The number of hydrogen-bond acceptors (Lipinski definition) is 4. The van der Waals surface area contributed by atoms with Gasteiger partial charge in [0.2, 0.25) is 0 Å². The van der Waals surface area contributed by atoms with Gasteiger partial charge in [0.1, 0.15) is 0 Å². The molecule has 0 saturated carbocycles. The third-order valence-electron chi connectivity index (χ3n) is 2.89. The highest BCUT2D eigenvalue weighted by Crippen LogP contribution is 2.31. The minimum Gasteiger partial charge on any atom is -0.312 e. The predicted molar refractivity (Wildman–Crippen MR) is 85.3 cm³/mol. The predicted octanol–water partition coefficient (Wildman–Crippen LogP) is 4.20. The topological polar surface area (TPSA) is 24.9 Å². The third kappa shape index (κ3) is 3.88. The summed E-state index contributed by atoms with van der Waals surface area (Å²) in [6.07, 6.45) is 0.970. The summed E-state index contributed by atoms with van der Waals surface area (Å²) >= 11 is 3.67. The van der Waals surface area contributed by atoms with Crippen molar-refractivity contribution in [1.29, 1.82) is 0 Å². The van der Waals surface area contributed by atoms with Crippen molar-refractivity contribution in [3.05, 3.63) is 38.0 Å². The minimum atomic E-state index is 0.120. The van der Waals surface area contributed by atoms with Crippen molar-refractivity contribution >= 4 is 22.7 Å². The molecule has 2 aromatic rings. The van der Waals surface area contributed by atoms with Gasteiger partial charge < -0.3 is 5.32 Å². The van der Waals surface area contributed by atoms with E-state index in [0.29, 0.717) is 0 Å². The van der Waals surface area contributed by atoms with Crippen LogP contribution in [0.25, 0.3) is 0 Å². The molecule has 104 valence electrons. The molecule has 0 bridgehead atoms. The number of aromatic nitrogens is 1. The van der Waals surface area contributed by atoms with E-state index in [2.05, 4.69) is 50.5 Å². The zero-order valence-corrected chi connectivity index (χ0v) is 13.8. The Morgan fingerprint density at radius 1 is 1.32 bits per heavy atom. The summed E-state index contributed by atoms with van der Waals surface area (Å²) in [5.41, 5.74) is 1.37. The third-order valence-corrected chi connectivity index (χ3v) is 4.82. The molecule has 1 N–H and O–H groups in total. The van der Waals surface area contributed by atoms with Crippen molar-refractivity contribution < 1.29 is 0 Å². The lowest BCUT2D eigenvalue weighted by molar-refractivity contribution is 0.559. The molecule has 0 aliphatic heterocycles. The van der Waals surface area contributed by atoms with Gasteiger partial charge in [-0.15, -0.1) is 22.7 Å². The van der Waals surface area contributed by atoms with Gasteiger partial charge in [-0.3, -0.25) is 0 Å². The van der Waals surface area contributed by atoms with Crippen molar-refractivity contribution in [2.75, 3.05) is 6.54 Å². The Hall–Kier alpha value is -0.710. The highest BCUT2D eigenvalue weighted by Gasteiger charge is 2.23. The lowest BCUT2D eigenvalue weighted by Gasteiger charge is -2.17. The SMILES string of the molecule is CCNCc1sc(Cc2cccs2)nc1C(C)(C)C. The van der Waals surface area contributed by atoms with Crippen LogP contribution in [0.2, 0.25) is 0 Å². The zero-order valence-electron chi connectivity index (χ0n) is 12.1. The van der Waals surface area contributed by atoms with Gasteiger partial charge in [-0.05, 0) is 18.0 Å². The van der Waals surface area contributed by atoms with Crippen LogP contribution in [0.15, 0.2) is 17.5 Å². The molecular formula is C15H22N2S2. The molecule has 2 aromatic heterocycles. The molecule has 2 rings (SSSR count). The van der Waals surface area contributed by atoms with Crippen molar-refractivity contribution in [2.24, 2.45) is 0 Å². The molecular weight excluding hydrogens is 272 g/mol. The monoisotopic (exact) mass is 294 g/mol. The standard InChI is InChI=1S/C15H22N2S2/c1-5-16-10-12-14(15(2,3)4)17-13(19-12)9-11-7-6-8-18-11/h6-8,16H,5,9-10H2,1-4H3. The van der Waals surface area contributed by atoms with E-state index in [4.69, 9.17) is 4.98 Å². The fraction of sp³-hybridized carbons (Fsp3) is 0.533. The Morgan fingerprint density at radius 3 is 2.68 bits per heavy atom. The molecule has 0 atom stereocenters. The van der Waals surface area contributed by atoms with Crippen LogP contribution < -0.4 is 5.32 Å². The van der Waals surface area contributed by atoms with Gasteiger partial charge in [0.25, 0.3) is 0 Å². The van der Waals surface area contributed by atoms with Gasteiger partial charge in [-0.25, -0.2) is 4.98 Å². The Morgan fingerprint density at radius 2 is 2.11 bits per heavy atom. The van der Waals surface area contributed by atoms with Gasteiger partial charge in [-0.2, -0.15) is 0 Å². The van der Waals surface area contributed by atoms with Gasteiger partial charge in [-0.1, -0.05) is 33.8 Å². The Labute approximate surface area is 123 Å². The molecule has 0 amide bonds. The van der Waals surface area contributed by atoms with E-state index >= 15 is 0 Å². The summed E-state index contributed by atoms with van der Waals surface area (Å²) in [6, 6.07) is 4.30. The van der Waals surface area contributed by atoms with Gasteiger partial charge in [0, 0.05) is 28.1 Å². The maximum absolute atomic E-state index is 4.89. The van der Waals surface area contributed by atoms with Gasteiger partial charge in [0.05, 0.1) is 10.7 Å². The van der Waals surface area contributed by atoms with E-state index in [-0.39, 0.29) is 5.41 Å². The lowest BCUT2D eigenvalue weighted by atomic mass is 9.91. The van der Waals surface area contributed by atoms with Crippen LogP contribution >= 0.6 is 22.7 Å². The van der Waals surface area contributed by atoms with Crippen molar-refractivity contribution in [3.8, 4) is 0 Å². The molecule has 2 heterocycles. The van der Waals surface area contributed by atoms with E-state index < -0.39 is 0 Å². The van der Waals surface area contributed by atoms with Crippen LogP contribution in [-0.2, 0) is 18.4 Å². The molecule has 0 aliphatic carbocycles. The minimum absolute atomic E-state index is 0.120. The first-order valence-electron chi connectivity index (χ1n) is 6.73. The van der Waals surface area contributed by atoms with Crippen molar-refractivity contribution in [3.63, 3.8) is 0 Å². The molecule has 4 heteroatoms. The van der Waals surface area contributed by atoms with Gasteiger partial charge in [0.15, 0.2) is 0 Å². The average molecular weight is 294 g/mol. The average Bonchev–Trinajstić information content (AvgIpc) is 2.95. The maximum Gasteiger partial charge on any atom is 0.0983 e. The van der Waals surface area contributed by atoms with E-state index in [9.17, 15) is 0 Å². The molecule has 0 spiro atoms. The molecule has 2 nitrogen and oxygen atoms in total. The first kappa shape index (κ1) is 14.7. The van der Waals surface area contributed by atoms with Gasteiger partial charge >= 0.3 is 0 Å². The summed E-state index contributed by atoms with van der Waals surface area (Å²) in [5.74, 6) is 0. The van der Waals surface area contributed by atoms with E-state index in [0.717, 1.165) is 19.5 Å². The van der Waals surface area contributed by atoms with Crippen LogP contribution in [0.1, 0.15) is 48.2 Å². The number of hydrogen-bond donors (Lipinski definition) is 1. The van der Waals surface area contributed by atoms with Crippen molar-refractivity contribution in [2.45, 2.75) is 46.1 Å². The Balaban J connectivity index is 2.23. The number of rotatable bonds is 5. The fourth-order valence-electron chi connectivity index (χ4n) is 1.98. The van der Waals surface area contributed by atoms with E-state index in [1.54, 1.807) is 0 Å². The first-order chi connectivity index (χ1) is 9.00. The number of nitrogens with one attached hydrogen (secondary N) is 1. The van der Waals surface area contributed by atoms with Crippen LogP contribution in [0.5, 0.6) is 0 Å². The summed E-state index contributed by atoms with van der Waals surface area (Å²) in [6.45, 7) is 10.8. The van der Waals surface area contributed by atoms with E-state index in [1.165, 1.54) is 20.5 Å². The summed E-state index contributed by atoms with van der Waals surface area (Å²) in [4.78, 5) is 7.68. The van der Waals surface area contributed by atoms with Crippen molar-refractivity contribution in [1.82, 2.24) is 10.3 Å². The smallest absolute Gasteiger partial charge is 0.0983 e. The zero-order chi connectivity index (χ0) is 13.9. The molecule has 0 radical (unpaired) electrons. The number of thiazole rings is 1. The quantitative estimate of drug-likeness (QED) is 0.894. The fourth-order valence-corrected chi connectivity index (χ4v) is 4.05. The van der Waals surface area contributed by atoms with E-state index in [1.807, 2.05) is 22.7 Å². The summed E-state index contributed by atoms with van der Waals surface area (Å²) < 4.78 is 0. The second-order valence-electron chi connectivity index (χ2n) is 5.67. The van der Waals surface area contributed by atoms with Crippen LogP contribution in [0.4, 0.5) is 0 Å². The van der Waals surface area contributed by atoms with Crippen LogP contribution in [0, 0.1) is 0 Å². The molecule has 19 heavy (non-hydrogen) atoms. The summed E-state index contributed by atoms with van der Waals surface area (Å²) in [7, 11) is 0. The maximum atomic E-state index is 4.89. The second-order valence-corrected chi connectivity index (χ2v) is 7.87. The lowest BCUT2D eigenvalue weighted by Crippen LogP contribution is -2.18. The highest BCUT2D eigenvalue weighted by molar-refractivity contribution is 7.12. The molecule has 0 saturated heterocycles. The molecule has 0 unspecified atom stereocenters. The van der Waals surface area contributed by atoms with Crippen LogP contribution in [0.3, 0.4) is 0 Å². The molecule has 0 fully saturated rings. The molecule has 0 aliphatic rings. The number of thiophene rings is 1. The highest BCUT2D eigenvalue weighted by atomic mass is 32.1. The number of nitrogens with zero attached hydrogens (tertiary/aromatic N) is 1. The largest absolute Gasteiger partial charge is 0.312 e. The van der Waals surface area contributed by atoms with Crippen LogP contribution in [-0.4, -0.2) is 11.5 Å². The normalized spacial score (nSPS) is 12.0.